The Morgan fingerprint density at radius 2 is 1.54 bits per heavy atom. The Hall–Kier alpha value is -4.07. The van der Waals surface area contributed by atoms with Crippen molar-refractivity contribution in [3.63, 3.8) is 0 Å². The number of aromatic hydroxyl groups is 1. The fourth-order valence-corrected chi connectivity index (χ4v) is 4.68. The van der Waals surface area contributed by atoms with Crippen molar-refractivity contribution in [2.75, 3.05) is 18.6 Å². The third-order valence-corrected chi connectivity index (χ3v) is 7.15. The minimum absolute atomic E-state index is 0.00514. The lowest BCUT2D eigenvalue weighted by atomic mass is 10.0. The Kier molecular flexibility index (Phi) is 11.6. The molecule has 0 saturated carbocycles. The highest BCUT2D eigenvalue weighted by Gasteiger charge is 2.30. The van der Waals surface area contributed by atoms with Crippen LogP contribution in [-0.4, -0.2) is 86.8 Å². The number of para-hydroxylation sites is 1. The first kappa shape index (κ1) is 31.5. The summed E-state index contributed by atoms with van der Waals surface area (Å²) >= 11 is 1.52. The average Bonchev–Trinajstić information content (AvgIpc) is 3.37. The predicted octanol–water partition coefficient (Wildman–Crippen LogP) is 0.270. The second kappa shape index (κ2) is 15.1. The first-order valence-corrected chi connectivity index (χ1v) is 14.3. The molecule has 4 atom stereocenters. The number of carboxylic acids is 1. The van der Waals surface area contributed by atoms with Crippen LogP contribution in [0.15, 0.2) is 54.7 Å². The topological polar surface area (TPSA) is 207 Å². The smallest absolute Gasteiger partial charge is 0.326 e. The number of nitrogens with two attached hydrogens (primary N) is 1. The fraction of sp³-hybridized carbons (Fsp3) is 0.357. The number of aliphatic hydroxyl groups is 1. The van der Waals surface area contributed by atoms with E-state index in [2.05, 4.69) is 20.9 Å². The Labute approximate surface area is 241 Å². The van der Waals surface area contributed by atoms with Crippen LogP contribution in [-0.2, 0) is 32.0 Å². The minimum Gasteiger partial charge on any atom is -0.508 e. The summed E-state index contributed by atoms with van der Waals surface area (Å²) in [5.74, 6) is -2.87. The molecule has 0 aliphatic rings. The van der Waals surface area contributed by atoms with E-state index in [1.807, 2.05) is 30.5 Å². The highest BCUT2D eigenvalue weighted by Crippen LogP contribution is 2.19. The number of carbonyl (C=O) groups is 4. The second-order valence-electron chi connectivity index (χ2n) is 9.53. The molecule has 3 aromatic rings. The summed E-state index contributed by atoms with van der Waals surface area (Å²) in [4.78, 5) is 54.0. The monoisotopic (exact) mass is 585 g/mol. The van der Waals surface area contributed by atoms with Gasteiger partial charge in [0.05, 0.1) is 12.6 Å². The number of amides is 3. The molecular weight excluding hydrogens is 550 g/mol. The number of nitrogens with one attached hydrogen (secondary N) is 4. The van der Waals surface area contributed by atoms with E-state index in [9.17, 15) is 34.5 Å². The first-order chi connectivity index (χ1) is 19.6. The number of aliphatic carboxylic acids is 1. The highest BCUT2D eigenvalue weighted by molar-refractivity contribution is 7.98. The molecule has 0 aliphatic heterocycles. The predicted molar refractivity (Wildman–Crippen MR) is 155 cm³/mol. The van der Waals surface area contributed by atoms with Gasteiger partial charge in [-0.1, -0.05) is 30.3 Å². The molecule has 0 spiro atoms. The summed E-state index contributed by atoms with van der Waals surface area (Å²) in [5.41, 5.74) is 8.06. The van der Waals surface area contributed by atoms with Crippen molar-refractivity contribution in [1.29, 1.82) is 0 Å². The van der Waals surface area contributed by atoms with Gasteiger partial charge in [0.15, 0.2) is 0 Å². The van der Waals surface area contributed by atoms with Gasteiger partial charge in [-0.05, 0) is 47.8 Å². The lowest BCUT2D eigenvalue weighted by molar-refractivity contribution is -0.142. The molecule has 0 fully saturated rings. The minimum atomic E-state index is -1.49. The largest absolute Gasteiger partial charge is 0.508 e. The fourth-order valence-electron chi connectivity index (χ4n) is 4.19. The van der Waals surface area contributed by atoms with Crippen molar-refractivity contribution in [3.8, 4) is 5.75 Å². The molecule has 0 saturated heterocycles. The summed E-state index contributed by atoms with van der Waals surface area (Å²) in [6.07, 6.45) is 3.89. The maximum Gasteiger partial charge on any atom is 0.326 e. The number of hydrogen-bond donors (Lipinski definition) is 8. The standard InChI is InChI=1S/C28H35N5O7S/c1-41-11-10-20(29)25(36)31-22(12-16-6-8-18(35)9-7-16)26(37)33-24(15-34)27(38)32-23(28(39)40)13-17-14-30-21-5-3-2-4-19(17)21/h2-9,14,20,22-24,30,34-35H,10-13,15,29H2,1H3,(H,31,36)(H,32,38)(H,33,37)(H,39,40). The van der Waals surface area contributed by atoms with Gasteiger partial charge < -0.3 is 42.0 Å². The molecule has 1 aromatic heterocycles. The van der Waals surface area contributed by atoms with Crippen LogP contribution in [0.2, 0.25) is 0 Å². The van der Waals surface area contributed by atoms with E-state index < -0.39 is 54.5 Å². The Morgan fingerprint density at radius 1 is 0.902 bits per heavy atom. The molecular formula is C28H35N5O7S. The number of thioether (sulfide) groups is 1. The third-order valence-electron chi connectivity index (χ3n) is 6.51. The number of H-pyrrole nitrogens is 1. The van der Waals surface area contributed by atoms with Crippen LogP contribution >= 0.6 is 11.8 Å². The van der Waals surface area contributed by atoms with E-state index in [-0.39, 0.29) is 18.6 Å². The number of rotatable bonds is 15. The summed E-state index contributed by atoms with van der Waals surface area (Å²) in [7, 11) is 0. The molecule has 41 heavy (non-hydrogen) atoms. The van der Waals surface area contributed by atoms with Crippen LogP contribution < -0.4 is 21.7 Å². The maximum absolute atomic E-state index is 13.3. The SMILES string of the molecule is CSCCC(N)C(=O)NC(Cc1ccc(O)cc1)C(=O)NC(CO)C(=O)NC(Cc1c[nH]c2ccccc12)C(=O)O. The molecule has 3 amide bonds. The quantitative estimate of drug-likeness (QED) is 0.123. The van der Waals surface area contributed by atoms with Crippen molar-refractivity contribution in [1.82, 2.24) is 20.9 Å². The Bertz CT molecular complexity index is 1350. The van der Waals surface area contributed by atoms with E-state index in [4.69, 9.17) is 5.73 Å². The number of benzene rings is 2. The van der Waals surface area contributed by atoms with Gasteiger partial charge in [-0.25, -0.2) is 4.79 Å². The zero-order valence-corrected chi connectivity index (χ0v) is 23.3. The lowest BCUT2D eigenvalue weighted by Crippen LogP contribution is -2.58. The summed E-state index contributed by atoms with van der Waals surface area (Å²) in [6, 6.07) is 8.47. The van der Waals surface area contributed by atoms with Gasteiger partial charge in [-0.3, -0.25) is 14.4 Å². The van der Waals surface area contributed by atoms with Gasteiger partial charge in [0.25, 0.3) is 0 Å². The van der Waals surface area contributed by atoms with Gasteiger partial charge in [-0.2, -0.15) is 11.8 Å². The molecule has 9 N–H and O–H groups in total. The van der Waals surface area contributed by atoms with E-state index in [0.29, 0.717) is 23.3 Å². The number of phenolic OH excluding ortho intramolecular Hbond substituents is 1. The van der Waals surface area contributed by atoms with Gasteiger partial charge in [-0.15, -0.1) is 0 Å². The molecule has 13 heteroatoms. The number of fused-ring (bicyclic) bond motifs is 1. The highest BCUT2D eigenvalue weighted by atomic mass is 32.2. The molecule has 1 heterocycles. The van der Waals surface area contributed by atoms with Crippen LogP contribution in [0.3, 0.4) is 0 Å². The molecule has 12 nitrogen and oxygen atoms in total. The van der Waals surface area contributed by atoms with Crippen LogP contribution in [0.25, 0.3) is 10.9 Å². The van der Waals surface area contributed by atoms with E-state index in [1.54, 1.807) is 18.3 Å². The zero-order chi connectivity index (χ0) is 29.9. The third kappa shape index (κ3) is 8.96. The summed E-state index contributed by atoms with van der Waals surface area (Å²) in [6.45, 7) is -0.815. The Balaban J connectivity index is 1.72. The van der Waals surface area contributed by atoms with Crippen molar-refractivity contribution in [3.05, 3.63) is 65.9 Å². The van der Waals surface area contributed by atoms with Crippen molar-refractivity contribution < 1.29 is 34.5 Å². The van der Waals surface area contributed by atoms with Crippen LogP contribution in [0.1, 0.15) is 17.5 Å². The normalized spacial score (nSPS) is 14.0. The lowest BCUT2D eigenvalue weighted by Gasteiger charge is -2.24. The van der Waals surface area contributed by atoms with Gasteiger partial charge in [0.1, 0.15) is 23.9 Å². The summed E-state index contributed by atoms with van der Waals surface area (Å²) < 4.78 is 0. The van der Waals surface area contributed by atoms with Gasteiger partial charge in [0.2, 0.25) is 17.7 Å². The Morgan fingerprint density at radius 3 is 2.20 bits per heavy atom. The van der Waals surface area contributed by atoms with Crippen LogP contribution in [0.5, 0.6) is 5.75 Å². The van der Waals surface area contributed by atoms with Crippen LogP contribution in [0.4, 0.5) is 0 Å². The number of hydrogen-bond acceptors (Lipinski definition) is 8. The maximum atomic E-state index is 13.3. The molecule has 0 aliphatic carbocycles. The van der Waals surface area contributed by atoms with Crippen molar-refractivity contribution >= 4 is 46.4 Å². The number of phenols is 1. The number of carboxylic acid groups (broad SMARTS) is 1. The van der Waals surface area contributed by atoms with E-state index in [1.165, 1.54) is 23.9 Å². The number of aromatic amines is 1. The zero-order valence-electron chi connectivity index (χ0n) is 22.5. The van der Waals surface area contributed by atoms with E-state index in [0.717, 1.165) is 10.9 Å². The average molecular weight is 586 g/mol. The van der Waals surface area contributed by atoms with E-state index >= 15 is 0 Å². The number of aromatic nitrogens is 1. The molecule has 4 unspecified atom stereocenters. The van der Waals surface area contributed by atoms with Gasteiger partial charge >= 0.3 is 5.97 Å². The van der Waals surface area contributed by atoms with Crippen molar-refractivity contribution in [2.45, 2.75) is 43.4 Å². The number of carbonyl (C=O) groups excluding carboxylic acids is 3. The molecule has 2 aromatic carbocycles. The number of aliphatic hydroxyl groups excluding tert-OH is 1. The molecule has 0 radical (unpaired) electrons. The summed E-state index contributed by atoms with van der Waals surface area (Å²) in [5, 5.41) is 37.4. The second-order valence-corrected chi connectivity index (χ2v) is 10.5. The van der Waals surface area contributed by atoms with Crippen LogP contribution in [0, 0.1) is 0 Å². The molecule has 220 valence electrons. The van der Waals surface area contributed by atoms with Crippen molar-refractivity contribution in [2.24, 2.45) is 5.73 Å². The van der Waals surface area contributed by atoms with Gasteiger partial charge in [0, 0.05) is 29.9 Å². The first-order valence-electron chi connectivity index (χ1n) is 12.9. The molecule has 0 bridgehead atoms. The molecule has 3 rings (SSSR count).